The Labute approximate surface area is 149 Å². The lowest BCUT2D eigenvalue weighted by Gasteiger charge is -2.13. The molecule has 138 valence electrons. The molecule has 10 heteroatoms. The van der Waals surface area contributed by atoms with Gasteiger partial charge in [-0.3, -0.25) is 9.59 Å². The van der Waals surface area contributed by atoms with Crippen LogP contribution in [0.5, 0.6) is 0 Å². The smallest absolute Gasteiger partial charge is 0.307 e. The Morgan fingerprint density at radius 1 is 1.40 bits per heavy atom. The Morgan fingerprint density at radius 3 is 2.68 bits per heavy atom. The SMILES string of the molecule is C[C@@H](OC(=O)CCNS(=O)(=O)c1ccc(F)c(Cl)c1)C(=O)NC1CC1. The summed E-state index contributed by atoms with van der Waals surface area (Å²) in [5.41, 5.74) is 0. The summed E-state index contributed by atoms with van der Waals surface area (Å²) in [6, 6.07) is 3.13. The maximum Gasteiger partial charge on any atom is 0.307 e. The first kappa shape index (κ1) is 19.6. The molecule has 1 saturated carbocycles. The van der Waals surface area contributed by atoms with Crippen molar-refractivity contribution in [2.75, 3.05) is 6.54 Å². The summed E-state index contributed by atoms with van der Waals surface area (Å²) in [7, 11) is -3.94. The summed E-state index contributed by atoms with van der Waals surface area (Å²) < 4.78 is 44.3. The molecular weight excluding hydrogens is 375 g/mol. The lowest BCUT2D eigenvalue weighted by molar-refractivity contribution is -0.154. The summed E-state index contributed by atoms with van der Waals surface area (Å²) in [4.78, 5) is 23.1. The highest BCUT2D eigenvalue weighted by atomic mass is 35.5. The number of benzene rings is 1. The molecule has 0 aliphatic heterocycles. The van der Waals surface area contributed by atoms with Crippen LogP contribution in [0.4, 0.5) is 4.39 Å². The maximum atomic E-state index is 13.1. The quantitative estimate of drug-likeness (QED) is 0.650. The van der Waals surface area contributed by atoms with Gasteiger partial charge in [0.05, 0.1) is 16.3 Å². The monoisotopic (exact) mass is 392 g/mol. The van der Waals surface area contributed by atoms with Crippen LogP contribution in [-0.2, 0) is 24.3 Å². The molecule has 1 fully saturated rings. The van der Waals surface area contributed by atoms with E-state index in [0.717, 1.165) is 31.0 Å². The van der Waals surface area contributed by atoms with Crippen LogP contribution in [0, 0.1) is 5.82 Å². The lowest BCUT2D eigenvalue weighted by atomic mass is 10.3. The zero-order valence-corrected chi connectivity index (χ0v) is 15.0. The van der Waals surface area contributed by atoms with Crippen molar-refractivity contribution in [2.24, 2.45) is 0 Å². The number of carbonyl (C=O) groups is 2. The van der Waals surface area contributed by atoms with E-state index in [0.29, 0.717) is 0 Å². The van der Waals surface area contributed by atoms with Crippen molar-refractivity contribution in [3.8, 4) is 0 Å². The Hall–Kier alpha value is -1.71. The molecule has 1 aliphatic carbocycles. The van der Waals surface area contributed by atoms with Crippen molar-refractivity contribution < 1.29 is 27.1 Å². The van der Waals surface area contributed by atoms with Gasteiger partial charge < -0.3 is 10.1 Å². The number of amides is 1. The van der Waals surface area contributed by atoms with Gasteiger partial charge in [0.2, 0.25) is 10.0 Å². The molecular formula is C15H18ClFN2O5S. The van der Waals surface area contributed by atoms with E-state index in [1.807, 2.05) is 0 Å². The van der Waals surface area contributed by atoms with Crippen LogP contribution in [0.2, 0.25) is 5.02 Å². The topological polar surface area (TPSA) is 102 Å². The highest BCUT2D eigenvalue weighted by Crippen LogP contribution is 2.19. The third kappa shape index (κ3) is 5.94. The van der Waals surface area contributed by atoms with Crippen LogP contribution < -0.4 is 10.0 Å². The number of hydrogen-bond donors (Lipinski definition) is 2. The Kier molecular flexibility index (Phi) is 6.36. The molecule has 0 radical (unpaired) electrons. The average molecular weight is 393 g/mol. The molecule has 0 unspecified atom stereocenters. The van der Waals surface area contributed by atoms with Crippen molar-refractivity contribution in [1.29, 1.82) is 0 Å². The van der Waals surface area contributed by atoms with Gasteiger partial charge in [-0.05, 0) is 38.0 Å². The third-order valence-electron chi connectivity index (χ3n) is 3.42. The molecule has 0 saturated heterocycles. The molecule has 1 aliphatic rings. The summed E-state index contributed by atoms with van der Waals surface area (Å²) in [5, 5.41) is 2.38. The minimum atomic E-state index is -3.94. The molecule has 1 amide bonds. The Bertz CT molecular complexity index is 767. The molecule has 2 N–H and O–H groups in total. The third-order valence-corrected chi connectivity index (χ3v) is 5.17. The molecule has 1 atom stereocenters. The predicted octanol–water partition coefficient (Wildman–Crippen LogP) is 1.36. The Morgan fingerprint density at radius 2 is 2.08 bits per heavy atom. The second-order valence-corrected chi connectivity index (χ2v) is 7.81. The number of hydrogen-bond acceptors (Lipinski definition) is 5. The maximum absolute atomic E-state index is 13.1. The van der Waals surface area contributed by atoms with Crippen LogP contribution in [0.25, 0.3) is 0 Å². The van der Waals surface area contributed by atoms with Crippen LogP contribution in [0.1, 0.15) is 26.2 Å². The molecule has 25 heavy (non-hydrogen) atoms. The molecule has 1 aromatic rings. The van der Waals surface area contributed by atoms with Crippen LogP contribution in [-0.4, -0.2) is 39.0 Å². The van der Waals surface area contributed by atoms with Crippen molar-refractivity contribution in [3.63, 3.8) is 0 Å². The molecule has 7 nitrogen and oxygen atoms in total. The van der Waals surface area contributed by atoms with E-state index < -0.39 is 27.9 Å². The first-order chi connectivity index (χ1) is 11.7. The zero-order valence-electron chi connectivity index (χ0n) is 13.4. The zero-order chi connectivity index (χ0) is 18.6. The van der Waals surface area contributed by atoms with Gasteiger partial charge in [0.15, 0.2) is 6.10 Å². The molecule has 1 aromatic carbocycles. The van der Waals surface area contributed by atoms with E-state index >= 15 is 0 Å². The van der Waals surface area contributed by atoms with Gasteiger partial charge in [-0.15, -0.1) is 0 Å². The average Bonchev–Trinajstić information content (AvgIpc) is 3.33. The van der Waals surface area contributed by atoms with Gasteiger partial charge >= 0.3 is 5.97 Å². The van der Waals surface area contributed by atoms with E-state index in [9.17, 15) is 22.4 Å². The van der Waals surface area contributed by atoms with Gasteiger partial charge in [0, 0.05) is 12.6 Å². The summed E-state index contributed by atoms with van der Waals surface area (Å²) in [6.45, 7) is 1.22. The van der Waals surface area contributed by atoms with E-state index in [1.165, 1.54) is 6.92 Å². The number of rotatable bonds is 8. The largest absolute Gasteiger partial charge is 0.453 e. The van der Waals surface area contributed by atoms with Crippen LogP contribution >= 0.6 is 11.6 Å². The fraction of sp³-hybridized carbons (Fsp3) is 0.467. The predicted molar refractivity (Wildman–Crippen MR) is 87.9 cm³/mol. The van der Waals surface area contributed by atoms with Gasteiger partial charge in [-0.25, -0.2) is 17.5 Å². The molecule has 0 aromatic heterocycles. The number of carbonyl (C=O) groups excluding carboxylic acids is 2. The molecule has 0 spiro atoms. The van der Waals surface area contributed by atoms with Gasteiger partial charge in [0.25, 0.3) is 5.91 Å². The van der Waals surface area contributed by atoms with Crippen LogP contribution in [0.15, 0.2) is 23.1 Å². The van der Waals surface area contributed by atoms with Gasteiger partial charge in [-0.2, -0.15) is 0 Å². The number of esters is 1. The highest BCUT2D eigenvalue weighted by molar-refractivity contribution is 7.89. The molecule has 0 heterocycles. The fourth-order valence-electron chi connectivity index (χ4n) is 1.87. The molecule has 0 bridgehead atoms. The van der Waals surface area contributed by atoms with E-state index in [1.54, 1.807) is 0 Å². The van der Waals surface area contributed by atoms with Gasteiger partial charge in [-0.1, -0.05) is 11.6 Å². The number of sulfonamides is 1. The van der Waals surface area contributed by atoms with E-state index in [4.69, 9.17) is 16.3 Å². The second kappa shape index (κ2) is 8.11. The standard InChI is InChI=1S/C15H18ClFN2O5S/c1-9(15(21)19-10-2-3-10)24-14(20)6-7-18-25(22,23)11-4-5-13(17)12(16)8-11/h4-5,8-10,18H,2-3,6-7H2,1H3,(H,19,21)/t9-/m1/s1. The molecule has 2 rings (SSSR count). The van der Waals surface area contributed by atoms with Crippen LogP contribution in [0.3, 0.4) is 0 Å². The normalized spacial score (nSPS) is 15.5. The lowest BCUT2D eigenvalue weighted by Crippen LogP contribution is -2.37. The summed E-state index contributed by atoms with van der Waals surface area (Å²) in [5.74, 6) is -1.82. The van der Waals surface area contributed by atoms with Crippen molar-refractivity contribution >= 4 is 33.5 Å². The number of ether oxygens (including phenoxy) is 1. The first-order valence-corrected chi connectivity index (χ1v) is 9.50. The van der Waals surface area contributed by atoms with E-state index in [2.05, 4.69) is 10.0 Å². The van der Waals surface area contributed by atoms with Crippen molar-refractivity contribution in [3.05, 3.63) is 29.0 Å². The van der Waals surface area contributed by atoms with Crippen molar-refractivity contribution in [1.82, 2.24) is 10.0 Å². The summed E-state index contributed by atoms with van der Waals surface area (Å²) >= 11 is 5.55. The Balaban J connectivity index is 1.79. The number of nitrogens with one attached hydrogen (secondary N) is 2. The summed E-state index contributed by atoms with van der Waals surface area (Å²) in [6.07, 6.45) is 0.638. The highest BCUT2D eigenvalue weighted by Gasteiger charge is 2.27. The fourth-order valence-corrected chi connectivity index (χ4v) is 3.17. The van der Waals surface area contributed by atoms with Gasteiger partial charge in [0.1, 0.15) is 5.82 Å². The van der Waals surface area contributed by atoms with E-state index in [-0.39, 0.29) is 34.8 Å². The minimum absolute atomic E-state index is 0.156. The van der Waals surface area contributed by atoms with Crippen molar-refractivity contribution in [2.45, 2.75) is 43.2 Å². The second-order valence-electron chi connectivity index (χ2n) is 5.64. The first-order valence-electron chi connectivity index (χ1n) is 7.63. The number of halogens is 2. The minimum Gasteiger partial charge on any atom is -0.453 e.